The maximum atomic E-state index is 12.1. The normalized spacial score (nSPS) is 25.6. The Bertz CT molecular complexity index is 464. The lowest BCUT2D eigenvalue weighted by atomic mass is 9.78. The zero-order valence-electron chi connectivity index (χ0n) is 12.6. The van der Waals surface area contributed by atoms with Crippen LogP contribution in [0.2, 0.25) is 0 Å². The van der Waals surface area contributed by atoms with E-state index in [2.05, 4.69) is 12.2 Å². The molecule has 1 fully saturated rings. The van der Waals surface area contributed by atoms with Gasteiger partial charge in [-0.1, -0.05) is 25.5 Å². The SMILES string of the molecule is CCC1CCC(O)(CNC(=O)c2ccc(CCl)cc2)CC1. The minimum Gasteiger partial charge on any atom is -0.388 e. The molecule has 1 amide bonds. The molecule has 2 N–H and O–H groups in total. The summed E-state index contributed by atoms with van der Waals surface area (Å²) < 4.78 is 0. The molecule has 1 saturated carbocycles. The summed E-state index contributed by atoms with van der Waals surface area (Å²) >= 11 is 5.73. The Morgan fingerprint density at radius 1 is 1.33 bits per heavy atom. The van der Waals surface area contributed by atoms with Gasteiger partial charge in [0.2, 0.25) is 0 Å². The van der Waals surface area contributed by atoms with E-state index in [0.717, 1.165) is 37.2 Å². The number of aliphatic hydroxyl groups is 1. The first-order chi connectivity index (χ1) is 10.1. The van der Waals surface area contributed by atoms with Crippen LogP contribution >= 0.6 is 11.6 Å². The fourth-order valence-corrected chi connectivity index (χ4v) is 3.07. The molecule has 1 aliphatic carbocycles. The Hall–Kier alpha value is -1.06. The predicted molar refractivity (Wildman–Crippen MR) is 85.5 cm³/mol. The molecule has 0 unspecified atom stereocenters. The number of amides is 1. The van der Waals surface area contributed by atoms with Crippen LogP contribution in [0.15, 0.2) is 24.3 Å². The van der Waals surface area contributed by atoms with Crippen LogP contribution in [0.25, 0.3) is 0 Å². The first-order valence-corrected chi connectivity index (χ1v) is 8.25. The van der Waals surface area contributed by atoms with Gasteiger partial charge >= 0.3 is 0 Å². The Morgan fingerprint density at radius 2 is 1.95 bits per heavy atom. The molecule has 0 bridgehead atoms. The molecule has 0 saturated heterocycles. The summed E-state index contributed by atoms with van der Waals surface area (Å²) in [5.41, 5.74) is 0.858. The lowest BCUT2D eigenvalue weighted by molar-refractivity contribution is -0.00786. The van der Waals surface area contributed by atoms with E-state index in [4.69, 9.17) is 11.6 Å². The van der Waals surface area contributed by atoms with Crippen molar-refractivity contribution >= 4 is 17.5 Å². The Labute approximate surface area is 131 Å². The van der Waals surface area contributed by atoms with Crippen LogP contribution in [0.3, 0.4) is 0 Å². The highest BCUT2D eigenvalue weighted by atomic mass is 35.5. The highest BCUT2D eigenvalue weighted by molar-refractivity contribution is 6.17. The first kappa shape index (κ1) is 16.3. The lowest BCUT2D eigenvalue weighted by Crippen LogP contribution is -2.45. The maximum Gasteiger partial charge on any atom is 0.251 e. The van der Waals surface area contributed by atoms with Gasteiger partial charge in [0, 0.05) is 18.0 Å². The molecule has 0 aromatic heterocycles. The van der Waals surface area contributed by atoms with Crippen molar-refractivity contribution in [3.05, 3.63) is 35.4 Å². The number of halogens is 1. The van der Waals surface area contributed by atoms with Crippen molar-refractivity contribution in [3.8, 4) is 0 Å². The third kappa shape index (κ3) is 4.45. The monoisotopic (exact) mass is 309 g/mol. The van der Waals surface area contributed by atoms with Gasteiger partial charge in [0.05, 0.1) is 5.60 Å². The number of carbonyl (C=O) groups is 1. The topological polar surface area (TPSA) is 49.3 Å². The molecule has 3 nitrogen and oxygen atoms in total. The van der Waals surface area contributed by atoms with Gasteiger partial charge in [0.15, 0.2) is 0 Å². The van der Waals surface area contributed by atoms with E-state index in [9.17, 15) is 9.90 Å². The molecule has 0 atom stereocenters. The van der Waals surface area contributed by atoms with Crippen LogP contribution in [0.5, 0.6) is 0 Å². The average Bonchev–Trinajstić information content (AvgIpc) is 2.53. The van der Waals surface area contributed by atoms with Gasteiger partial charge in [-0.3, -0.25) is 4.79 Å². The molecule has 2 rings (SSSR count). The molecule has 4 heteroatoms. The zero-order chi connectivity index (χ0) is 15.3. The van der Waals surface area contributed by atoms with Crippen LogP contribution in [0.1, 0.15) is 54.9 Å². The Balaban J connectivity index is 1.85. The number of alkyl halides is 1. The predicted octanol–water partition coefficient (Wildman–Crippen LogP) is 3.49. The highest BCUT2D eigenvalue weighted by Gasteiger charge is 2.32. The molecule has 1 aromatic rings. The summed E-state index contributed by atoms with van der Waals surface area (Å²) in [6.45, 7) is 2.53. The van der Waals surface area contributed by atoms with E-state index in [0.29, 0.717) is 18.0 Å². The number of hydrogen-bond acceptors (Lipinski definition) is 2. The van der Waals surface area contributed by atoms with Crippen molar-refractivity contribution in [1.82, 2.24) is 5.32 Å². The smallest absolute Gasteiger partial charge is 0.251 e. The third-order valence-electron chi connectivity index (χ3n) is 4.56. The van der Waals surface area contributed by atoms with Gasteiger partial charge in [-0.15, -0.1) is 11.6 Å². The van der Waals surface area contributed by atoms with E-state index in [1.807, 2.05) is 12.1 Å². The second-order valence-corrected chi connectivity index (χ2v) is 6.36. The number of rotatable bonds is 5. The molecular formula is C17H24ClNO2. The summed E-state index contributed by atoms with van der Waals surface area (Å²) in [6.07, 6.45) is 4.82. The quantitative estimate of drug-likeness (QED) is 0.818. The van der Waals surface area contributed by atoms with E-state index in [1.54, 1.807) is 12.1 Å². The summed E-state index contributed by atoms with van der Waals surface area (Å²) in [5, 5.41) is 13.4. The molecule has 21 heavy (non-hydrogen) atoms. The second-order valence-electron chi connectivity index (χ2n) is 6.09. The largest absolute Gasteiger partial charge is 0.388 e. The van der Waals surface area contributed by atoms with Crippen molar-refractivity contribution in [2.24, 2.45) is 5.92 Å². The molecule has 0 radical (unpaired) electrons. The molecule has 116 valence electrons. The van der Waals surface area contributed by atoms with E-state index in [-0.39, 0.29) is 5.91 Å². The standard InChI is InChI=1S/C17H24ClNO2/c1-2-13-7-9-17(21,10-8-13)12-19-16(20)15-5-3-14(11-18)4-6-15/h3-6,13,21H,2,7-12H2,1H3,(H,19,20). The van der Waals surface area contributed by atoms with Gasteiger partial charge in [0.25, 0.3) is 5.91 Å². The van der Waals surface area contributed by atoms with Crippen molar-refractivity contribution in [2.45, 2.75) is 50.5 Å². The molecule has 0 aliphatic heterocycles. The van der Waals surface area contributed by atoms with Gasteiger partial charge in [-0.05, 0) is 49.3 Å². The highest BCUT2D eigenvalue weighted by Crippen LogP contribution is 2.33. The zero-order valence-corrected chi connectivity index (χ0v) is 13.3. The van der Waals surface area contributed by atoms with Crippen molar-refractivity contribution in [3.63, 3.8) is 0 Å². The first-order valence-electron chi connectivity index (χ1n) is 7.72. The summed E-state index contributed by atoms with van der Waals surface area (Å²) in [5.74, 6) is 1.03. The molecule has 0 spiro atoms. The van der Waals surface area contributed by atoms with Gasteiger partial charge in [-0.25, -0.2) is 0 Å². The molecular weight excluding hydrogens is 286 g/mol. The second kappa shape index (κ2) is 7.28. The van der Waals surface area contributed by atoms with E-state index in [1.165, 1.54) is 6.42 Å². The molecule has 1 aromatic carbocycles. The lowest BCUT2D eigenvalue weighted by Gasteiger charge is -2.35. The maximum absolute atomic E-state index is 12.1. The summed E-state index contributed by atoms with van der Waals surface area (Å²) in [7, 11) is 0. The fourth-order valence-electron chi connectivity index (χ4n) is 2.89. The Morgan fingerprint density at radius 3 is 2.48 bits per heavy atom. The van der Waals surface area contributed by atoms with Crippen LogP contribution in [-0.2, 0) is 5.88 Å². The van der Waals surface area contributed by atoms with Crippen molar-refractivity contribution in [2.75, 3.05) is 6.54 Å². The summed E-state index contributed by atoms with van der Waals surface area (Å²) in [6, 6.07) is 7.24. The summed E-state index contributed by atoms with van der Waals surface area (Å²) in [4.78, 5) is 12.1. The number of benzene rings is 1. The number of hydrogen-bond donors (Lipinski definition) is 2. The Kier molecular flexibility index (Phi) is 5.65. The van der Waals surface area contributed by atoms with Crippen LogP contribution in [-0.4, -0.2) is 23.2 Å². The van der Waals surface area contributed by atoms with Crippen LogP contribution in [0.4, 0.5) is 0 Å². The van der Waals surface area contributed by atoms with Gasteiger partial charge < -0.3 is 10.4 Å². The van der Waals surface area contributed by atoms with Crippen LogP contribution in [0, 0.1) is 5.92 Å². The number of carbonyl (C=O) groups excluding carboxylic acids is 1. The molecule has 1 aliphatic rings. The average molecular weight is 310 g/mol. The van der Waals surface area contributed by atoms with E-state index < -0.39 is 5.60 Å². The fraction of sp³-hybridized carbons (Fsp3) is 0.588. The van der Waals surface area contributed by atoms with Crippen molar-refractivity contribution in [1.29, 1.82) is 0 Å². The minimum absolute atomic E-state index is 0.137. The molecule has 0 heterocycles. The third-order valence-corrected chi connectivity index (χ3v) is 4.87. The van der Waals surface area contributed by atoms with Gasteiger partial charge in [-0.2, -0.15) is 0 Å². The number of nitrogens with one attached hydrogen (secondary N) is 1. The van der Waals surface area contributed by atoms with Gasteiger partial charge in [0.1, 0.15) is 0 Å². The minimum atomic E-state index is -0.739. The van der Waals surface area contributed by atoms with Crippen molar-refractivity contribution < 1.29 is 9.90 Å². The van der Waals surface area contributed by atoms with E-state index >= 15 is 0 Å². The van der Waals surface area contributed by atoms with Crippen LogP contribution < -0.4 is 5.32 Å².